The van der Waals surface area contributed by atoms with Crippen molar-refractivity contribution in [2.24, 2.45) is 5.73 Å². The molecule has 0 fully saturated rings. The minimum Gasteiger partial charge on any atom is -0.469 e. The zero-order valence-electron chi connectivity index (χ0n) is 11.0. The third kappa shape index (κ3) is 5.37. The smallest absolute Gasteiger partial charge is 0.305 e. The van der Waals surface area contributed by atoms with E-state index in [1.807, 2.05) is 0 Å². The van der Waals surface area contributed by atoms with E-state index in [9.17, 15) is 9.59 Å². The van der Waals surface area contributed by atoms with Crippen LogP contribution in [0.5, 0.6) is 0 Å². The van der Waals surface area contributed by atoms with Gasteiger partial charge in [0, 0.05) is 19.2 Å². The Bertz CT molecular complexity index is 435. The largest absolute Gasteiger partial charge is 0.469 e. The van der Waals surface area contributed by atoms with Crippen molar-refractivity contribution in [3.63, 3.8) is 0 Å². The van der Waals surface area contributed by atoms with E-state index in [1.165, 1.54) is 7.11 Å². The molecule has 0 spiro atoms. The number of nitrogens with one attached hydrogen (secondary N) is 1. The van der Waals surface area contributed by atoms with Crippen molar-refractivity contribution >= 4 is 17.7 Å². The van der Waals surface area contributed by atoms with Gasteiger partial charge in [-0.15, -0.1) is 0 Å². The molecule has 1 heterocycles. The molecule has 3 N–H and O–H groups in total. The SMILES string of the molecule is COC(=O)CCCCCNc1ncccc1C(N)=O. The molecule has 0 saturated carbocycles. The number of esters is 1. The Labute approximate surface area is 112 Å². The van der Waals surface area contributed by atoms with Crippen LogP contribution in [0.25, 0.3) is 0 Å². The van der Waals surface area contributed by atoms with Crippen molar-refractivity contribution in [1.29, 1.82) is 0 Å². The number of pyridine rings is 1. The van der Waals surface area contributed by atoms with E-state index in [2.05, 4.69) is 15.0 Å². The number of nitrogens with zero attached hydrogens (tertiary/aromatic N) is 1. The number of aromatic nitrogens is 1. The molecule has 19 heavy (non-hydrogen) atoms. The van der Waals surface area contributed by atoms with Gasteiger partial charge in [0.2, 0.25) is 0 Å². The molecule has 0 saturated heterocycles. The summed E-state index contributed by atoms with van der Waals surface area (Å²) in [6.45, 7) is 0.679. The van der Waals surface area contributed by atoms with Crippen LogP contribution in [0, 0.1) is 0 Å². The highest BCUT2D eigenvalue weighted by Gasteiger charge is 2.07. The second-order valence-corrected chi connectivity index (χ2v) is 4.08. The minimum atomic E-state index is -0.499. The van der Waals surface area contributed by atoms with Crippen molar-refractivity contribution in [3.8, 4) is 0 Å². The van der Waals surface area contributed by atoms with Crippen LogP contribution in [0.4, 0.5) is 5.82 Å². The van der Waals surface area contributed by atoms with Gasteiger partial charge in [0.1, 0.15) is 5.82 Å². The Morgan fingerprint density at radius 1 is 1.37 bits per heavy atom. The van der Waals surface area contributed by atoms with Gasteiger partial charge in [-0.3, -0.25) is 9.59 Å². The summed E-state index contributed by atoms with van der Waals surface area (Å²) in [5, 5.41) is 3.07. The number of unbranched alkanes of at least 4 members (excludes halogenated alkanes) is 2. The van der Waals surface area contributed by atoms with Crippen LogP contribution in [0.2, 0.25) is 0 Å². The third-order valence-corrected chi connectivity index (χ3v) is 2.65. The lowest BCUT2D eigenvalue weighted by atomic mass is 10.2. The number of ether oxygens (including phenoxy) is 1. The quantitative estimate of drug-likeness (QED) is 0.546. The first-order valence-corrected chi connectivity index (χ1v) is 6.20. The van der Waals surface area contributed by atoms with E-state index in [0.717, 1.165) is 19.3 Å². The molecule has 1 aromatic heterocycles. The maximum Gasteiger partial charge on any atom is 0.305 e. The van der Waals surface area contributed by atoms with Crippen LogP contribution in [-0.2, 0) is 9.53 Å². The fourth-order valence-corrected chi connectivity index (χ4v) is 1.62. The number of amides is 1. The second-order valence-electron chi connectivity index (χ2n) is 4.08. The lowest BCUT2D eigenvalue weighted by Gasteiger charge is -2.08. The first-order valence-electron chi connectivity index (χ1n) is 6.20. The zero-order chi connectivity index (χ0) is 14.1. The predicted octanol–water partition coefficient (Wildman–Crippen LogP) is 1.33. The number of hydrogen-bond acceptors (Lipinski definition) is 5. The molecule has 104 valence electrons. The molecular formula is C13H19N3O3. The molecule has 1 aromatic rings. The summed E-state index contributed by atoms with van der Waals surface area (Å²) in [7, 11) is 1.39. The molecule has 1 rings (SSSR count). The first kappa shape index (κ1) is 14.9. The fraction of sp³-hybridized carbons (Fsp3) is 0.462. The van der Waals surface area contributed by atoms with Gasteiger partial charge in [0.15, 0.2) is 0 Å². The first-order chi connectivity index (χ1) is 9.15. The summed E-state index contributed by atoms with van der Waals surface area (Å²) < 4.78 is 4.55. The maximum absolute atomic E-state index is 11.2. The summed E-state index contributed by atoms with van der Waals surface area (Å²) in [4.78, 5) is 26.1. The molecule has 0 aliphatic rings. The molecule has 6 heteroatoms. The topological polar surface area (TPSA) is 94.3 Å². The number of nitrogens with two attached hydrogens (primary N) is 1. The maximum atomic E-state index is 11.2. The summed E-state index contributed by atoms with van der Waals surface area (Å²) in [6.07, 6.45) is 4.62. The Kier molecular flexibility index (Phi) is 6.35. The minimum absolute atomic E-state index is 0.186. The Morgan fingerprint density at radius 3 is 2.84 bits per heavy atom. The second kappa shape index (κ2) is 8.07. The van der Waals surface area contributed by atoms with E-state index in [4.69, 9.17) is 5.73 Å². The zero-order valence-corrected chi connectivity index (χ0v) is 11.0. The molecule has 0 radical (unpaired) electrons. The fourth-order valence-electron chi connectivity index (χ4n) is 1.62. The van der Waals surface area contributed by atoms with Gasteiger partial charge in [-0.1, -0.05) is 6.42 Å². The highest BCUT2D eigenvalue weighted by atomic mass is 16.5. The molecule has 0 aromatic carbocycles. The highest BCUT2D eigenvalue weighted by Crippen LogP contribution is 2.10. The lowest BCUT2D eigenvalue weighted by Crippen LogP contribution is -2.15. The van der Waals surface area contributed by atoms with Gasteiger partial charge >= 0.3 is 5.97 Å². The van der Waals surface area contributed by atoms with E-state index in [-0.39, 0.29) is 5.97 Å². The molecular weight excluding hydrogens is 246 g/mol. The van der Waals surface area contributed by atoms with Crippen molar-refractivity contribution in [2.75, 3.05) is 19.0 Å². The number of carbonyl (C=O) groups is 2. The summed E-state index contributed by atoms with van der Waals surface area (Å²) >= 11 is 0. The molecule has 0 unspecified atom stereocenters. The molecule has 0 aliphatic heterocycles. The van der Waals surface area contributed by atoms with Crippen molar-refractivity contribution in [2.45, 2.75) is 25.7 Å². The van der Waals surface area contributed by atoms with Crippen LogP contribution in [0.1, 0.15) is 36.0 Å². The molecule has 1 amide bonds. The number of primary amides is 1. The van der Waals surface area contributed by atoms with Gasteiger partial charge in [0.25, 0.3) is 5.91 Å². The number of carbonyl (C=O) groups excluding carboxylic acids is 2. The molecule has 0 aliphatic carbocycles. The number of methoxy groups -OCH3 is 1. The summed E-state index contributed by atoms with van der Waals surface area (Å²) in [6, 6.07) is 3.30. The number of hydrogen-bond donors (Lipinski definition) is 2. The van der Waals surface area contributed by atoms with Crippen LogP contribution in [0.3, 0.4) is 0 Å². The van der Waals surface area contributed by atoms with E-state index < -0.39 is 5.91 Å². The van der Waals surface area contributed by atoms with Crippen LogP contribution in [0.15, 0.2) is 18.3 Å². The molecule has 0 atom stereocenters. The molecule has 6 nitrogen and oxygen atoms in total. The summed E-state index contributed by atoms with van der Waals surface area (Å²) in [5.41, 5.74) is 5.63. The monoisotopic (exact) mass is 265 g/mol. The third-order valence-electron chi connectivity index (χ3n) is 2.65. The predicted molar refractivity (Wildman–Crippen MR) is 71.7 cm³/mol. The van der Waals surface area contributed by atoms with E-state index >= 15 is 0 Å². The highest BCUT2D eigenvalue weighted by molar-refractivity contribution is 5.97. The van der Waals surface area contributed by atoms with Crippen LogP contribution < -0.4 is 11.1 Å². The average Bonchev–Trinajstić information content (AvgIpc) is 2.42. The van der Waals surface area contributed by atoms with Crippen molar-refractivity contribution in [3.05, 3.63) is 23.9 Å². The van der Waals surface area contributed by atoms with E-state index in [1.54, 1.807) is 18.3 Å². The van der Waals surface area contributed by atoms with Gasteiger partial charge in [0.05, 0.1) is 12.7 Å². The van der Waals surface area contributed by atoms with Gasteiger partial charge in [-0.25, -0.2) is 4.98 Å². The standard InChI is InChI=1S/C13H19N3O3/c1-19-11(17)7-3-2-4-8-15-13-10(12(14)18)6-5-9-16-13/h5-6,9H,2-4,7-8H2,1H3,(H2,14,18)(H,15,16). The van der Waals surface area contributed by atoms with Gasteiger partial charge in [-0.2, -0.15) is 0 Å². The normalized spacial score (nSPS) is 9.95. The number of rotatable bonds is 8. The Hall–Kier alpha value is -2.11. The van der Waals surface area contributed by atoms with Crippen molar-refractivity contribution < 1.29 is 14.3 Å². The average molecular weight is 265 g/mol. The van der Waals surface area contributed by atoms with Gasteiger partial charge < -0.3 is 15.8 Å². The lowest BCUT2D eigenvalue weighted by molar-refractivity contribution is -0.140. The molecule has 0 bridgehead atoms. The van der Waals surface area contributed by atoms with Crippen LogP contribution in [-0.4, -0.2) is 30.5 Å². The summed E-state index contributed by atoms with van der Waals surface area (Å²) in [5.74, 6) is -0.182. The Morgan fingerprint density at radius 2 is 2.16 bits per heavy atom. The Balaban J connectivity index is 2.26. The number of anilines is 1. The van der Waals surface area contributed by atoms with Gasteiger partial charge in [-0.05, 0) is 25.0 Å². The van der Waals surface area contributed by atoms with Crippen molar-refractivity contribution in [1.82, 2.24) is 4.98 Å². The van der Waals surface area contributed by atoms with E-state index in [0.29, 0.717) is 24.3 Å². The van der Waals surface area contributed by atoms with Crippen LogP contribution >= 0.6 is 0 Å².